The lowest BCUT2D eigenvalue weighted by Gasteiger charge is -1.99. The third kappa shape index (κ3) is 5.06. The van der Waals surface area contributed by atoms with Crippen molar-refractivity contribution >= 4 is 40.2 Å². The Labute approximate surface area is 164 Å². The highest BCUT2D eigenvalue weighted by atomic mass is 32.2. The van der Waals surface area contributed by atoms with E-state index in [0.717, 1.165) is 16.3 Å². The molecule has 27 heavy (non-hydrogen) atoms. The smallest absolute Gasteiger partial charge is 0.268 e. The highest BCUT2D eigenvalue weighted by Crippen LogP contribution is 2.30. The van der Waals surface area contributed by atoms with Crippen molar-refractivity contribution in [3.63, 3.8) is 0 Å². The number of carbonyl (C=O) groups excluding carboxylic acids is 1. The number of aryl methyl sites for hydroxylation is 2. The Morgan fingerprint density at radius 3 is 2.74 bits per heavy atom. The minimum Gasteiger partial charge on any atom is -0.450 e. The molecule has 0 aliphatic carbocycles. The van der Waals surface area contributed by atoms with Crippen LogP contribution in [0.3, 0.4) is 0 Å². The van der Waals surface area contributed by atoms with Gasteiger partial charge in [-0.05, 0) is 37.6 Å². The number of nitriles is 1. The normalized spacial score (nSPS) is 11.2. The van der Waals surface area contributed by atoms with Crippen molar-refractivity contribution in [2.75, 3.05) is 5.32 Å². The molecule has 0 fully saturated rings. The lowest BCUT2D eigenvalue weighted by atomic mass is 10.2. The summed E-state index contributed by atoms with van der Waals surface area (Å²) in [5, 5.41) is 21.6. The number of hydrogen-bond acceptors (Lipinski definition) is 7. The molecule has 2 aromatic heterocycles. The second-order valence-corrected chi connectivity index (χ2v) is 7.69. The van der Waals surface area contributed by atoms with E-state index in [1.54, 1.807) is 6.07 Å². The molecular formula is C19H16N4O2S2. The summed E-state index contributed by atoms with van der Waals surface area (Å²) >= 11 is 2.76. The van der Waals surface area contributed by atoms with E-state index in [1.165, 1.54) is 34.7 Å². The molecule has 1 aromatic carbocycles. The van der Waals surface area contributed by atoms with Crippen molar-refractivity contribution in [3.05, 3.63) is 58.3 Å². The van der Waals surface area contributed by atoms with Gasteiger partial charge in [0.2, 0.25) is 5.13 Å². The van der Waals surface area contributed by atoms with Crippen LogP contribution in [0.2, 0.25) is 0 Å². The molecule has 0 radical (unpaired) electrons. The van der Waals surface area contributed by atoms with Crippen molar-refractivity contribution in [3.8, 4) is 6.07 Å². The Hall–Kier alpha value is -2.89. The van der Waals surface area contributed by atoms with Crippen LogP contribution in [0.5, 0.6) is 0 Å². The predicted molar refractivity (Wildman–Crippen MR) is 106 cm³/mol. The van der Waals surface area contributed by atoms with Gasteiger partial charge in [-0.25, -0.2) is 0 Å². The maximum atomic E-state index is 12.3. The van der Waals surface area contributed by atoms with Gasteiger partial charge in [-0.2, -0.15) is 5.26 Å². The van der Waals surface area contributed by atoms with Crippen LogP contribution in [0.25, 0.3) is 6.08 Å². The number of furan rings is 1. The largest absolute Gasteiger partial charge is 0.450 e. The van der Waals surface area contributed by atoms with Crippen LogP contribution < -0.4 is 5.32 Å². The molecule has 1 N–H and O–H groups in total. The number of benzene rings is 1. The summed E-state index contributed by atoms with van der Waals surface area (Å²) in [6.45, 7) is 3.99. The van der Waals surface area contributed by atoms with Crippen molar-refractivity contribution in [1.29, 1.82) is 5.26 Å². The molecule has 8 heteroatoms. The van der Waals surface area contributed by atoms with Gasteiger partial charge in [-0.3, -0.25) is 10.1 Å². The fourth-order valence-electron chi connectivity index (χ4n) is 2.09. The highest BCUT2D eigenvalue weighted by molar-refractivity contribution is 7.99. The second kappa shape index (κ2) is 8.66. The lowest BCUT2D eigenvalue weighted by molar-refractivity contribution is -0.112. The molecule has 0 atom stereocenters. The molecule has 0 bridgehead atoms. The van der Waals surface area contributed by atoms with E-state index in [9.17, 15) is 10.1 Å². The van der Waals surface area contributed by atoms with Gasteiger partial charge in [-0.1, -0.05) is 47.7 Å². The Bertz CT molecular complexity index is 1010. The van der Waals surface area contributed by atoms with E-state index in [4.69, 9.17) is 4.42 Å². The highest BCUT2D eigenvalue weighted by Gasteiger charge is 2.13. The summed E-state index contributed by atoms with van der Waals surface area (Å²) in [5.74, 6) is -0.108. The molecule has 0 spiro atoms. The van der Waals surface area contributed by atoms with Crippen LogP contribution in [-0.2, 0) is 11.2 Å². The maximum absolute atomic E-state index is 12.3. The van der Waals surface area contributed by atoms with Gasteiger partial charge in [0.05, 0.1) is 0 Å². The summed E-state index contributed by atoms with van der Waals surface area (Å²) in [4.78, 5) is 13.3. The van der Waals surface area contributed by atoms with Crippen LogP contribution in [0.4, 0.5) is 5.13 Å². The number of amides is 1. The summed E-state index contributed by atoms with van der Waals surface area (Å²) in [7, 11) is 0. The molecule has 3 aromatic rings. The van der Waals surface area contributed by atoms with E-state index >= 15 is 0 Å². The molecule has 0 aliphatic rings. The average molecular weight is 396 g/mol. The molecule has 3 rings (SSSR count). The van der Waals surface area contributed by atoms with Crippen molar-refractivity contribution in [1.82, 2.24) is 10.2 Å². The third-order valence-corrected chi connectivity index (χ3v) is 5.39. The number of carbonyl (C=O) groups is 1. The van der Waals surface area contributed by atoms with Crippen LogP contribution in [0.1, 0.15) is 23.3 Å². The fourth-order valence-corrected chi connectivity index (χ4v) is 3.54. The summed E-state index contributed by atoms with van der Waals surface area (Å²) in [5.41, 5.74) is 1.12. The number of nitrogens with one attached hydrogen (secondary N) is 1. The van der Waals surface area contributed by atoms with Gasteiger partial charge in [0, 0.05) is 11.0 Å². The average Bonchev–Trinajstić information content (AvgIpc) is 3.30. The molecule has 0 aliphatic heterocycles. The van der Waals surface area contributed by atoms with Gasteiger partial charge in [0.25, 0.3) is 5.91 Å². The van der Waals surface area contributed by atoms with Crippen molar-refractivity contribution < 1.29 is 9.21 Å². The number of aromatic nitrogens is 2. The fraction of sp³-hybridized carbons (Fsp3) is 0.158. The minimum atomic E-state index is -0.541. The molecule has 6 nitrogen and oxygen atoms in total. The van der Waals surface area contributed by atoms with Gasteiger partial charge in [0.1, 0.15) is 22.4 Å². The van der Waals surface area contributed by atoms with E-state index in [-0.39, 0.29) is 5.57 Å². The minimum absolute atomic E-state index is 0.0653. The SMILES string of the molecule is CCc1nnc(NC(=O)/C(C#N)=C\c2ccc(Sc3ccc(C)cc3)o2)s1. The van der Waals surface area contributed by atoms with Gasteiger partial charge in [0.15, 0.2) is 5.09 Å². The Balaban J connectivity index is 1.70. The molecule has 0 unspecified atom stereocenters. The predicted octanol–water partition coefficient (Wildman–Crippen LogP) is 4.70. The Kier molecular flexibility index (Phi) is 6.06. The number of rotatable bonds is 6. The van der Waals surface area contributed by atoms with Crippen LogP contribution in [0, 0.1) is 18.3 Å². The molecule has 2 heterocycles. The second-order valence-electron chi connectivity index (χ2n) is 5.55. The molecule has 0 saturated carbocycles. The summed E-state index contributed by atoms with van der Waals surface area (Å²) in [6, 6.07) is 13.5. The first-order valence-corrected chi connectivity index (χ1v) is 9.80. The topological polar surface area (TPSA) is 91.8 Å². The first kappa shape index (κ1) is 18.9. The Morgan fingerprint density at radius 2 is 2.07 bits per heavy atom. The first-order chi connectivity index (χ1) is 13.1. The van der Waals surface area contributed by atoms with Crippen molar-refractivity contribution in [2.24, 2.45) is 0 Å². The van der Waals surface area contributed by atoms with E-state index in [2.05, 4.69) is 15.5 Å². The standard InChI is InChI=1S/C19H16N4O2S2/c1-3-16-22-23-19(27-16)21-18(24)13(11-20)10-14-6-9-17(25-14)26-15-7-4-12(2)5-8-15/h4-10H,3H2,1-2H3,(H,21,23,24)/b13-10-. The molecule has 1 amide bonds. The quantitative estimate of drug-likeness (QED) is 0.480. The third-order valence-electron chi connectivity index (χ3n) is 3.48. The van der Waals surface area contributed by atoms with Gasteiger partial charge >= 0.3 is 0 Å². The first-order valence-electron chi connectivity index (χ1n) is 8.17. The molecule has 0 saturated heterocycles. The van der Waals surface area contributed by atoms with Crippen LogP contribution in [0.15, 0.2) is 56.4 Å². The zero-order valence-corrected chi connectivity index (χ0v) is 16.4. The zero-order chi connectivity index (χ0) is 19.2. The Morgan fingerprint density at radius 1 is 1.30 bits per heavy atom. The maximum Gasteiger partial charge on any atom is 0.268 e. The van der Waals surface area contributed by atoms with E-state index < -0.39 is 5.91 Å². The van der Waals surface area contributed by atoms with E-state index in [1.807, 2.05) is 50.2 Å². The van der Waals surface area contributed by atoms with Gasteiger partial charge < -0.3 is 4.42 Å². The molecule has 136 valence electrons. The summed E-state index contributed by atoms with van der Waals surface area (Å²) in [6.07, 6.45) is 2.15. The van der Waals surface area contributed by atoms with Gasteiger partial charge in [-0.15, -0.1) is 10.2 Å². The van der Waals surface area contributed by atoms with Crippen LogP contribution >= 0.6 is 23.1 Å². The monoisotopic (exact) mass is 396 g/mol. The number of anilines is 1. The van der Waals surface area contributed by atoms with E-state index in [0.29, 0.717) is 16.0 Å². The zero-order valence-electron chi connectivity index (χ0n) is 14.7. The molecular weight excluding hydrogens is 380 g/mol. The number of hydrogen-bond donors (Lipinski definition) is 1. The number of nitrogens with zero attached hydrogens (tertiary/aromatic N) is 3. The lowest BCUT2D eigenvalue weighted by Crippen LogP contribution is -2.13. The summed E-state index contributed by atoms with van der Waals surface area (Å²) < 4.78 is 5.70. The van der Waals surface area contributed by atoms with Crippen molar-refractivity contribution in [2.45, 2.75) is 30.3 Å². The van der Waals surface area contributed by atoms with Crippen LogP contribution in [-0.4, -0.2) is 16.1 Å².